The molecule has 2 aromatic rings. The zero-order valence-corrected chi connectivity index (χ0v) is 19.6. The van der Waals surface area contributed by atoms with Crippen LogP contribution < -0.4 is 25.7 Å². The van der Waals surface area contributed by atoms with Crippen LogP contribution in [-0.2, 0) is 9.53 Å². The largest absolute Gasteiger partial charge is 0.490 e. The van der Waals surface area contributed by atoms with E-state index in [1.807, 2.05) is 0 Å². The Morgan fingerprint density at radius 1 is 0.944 bits per heavy atom. The lowest BCUT2D eigenvalue weighted by molar-refractivity contribution is -0.139. The summed E-state index contributed by atoms with van der Waals surface area (Å²) in [6, 6.07) is 11.0. The first kappa shape index (κ1) is 26.1. The van der Waals surface area contributed by atoms with Crippen molar-refractivity contribution in [3.63, 3.8) is 0 Å². The van der Waals surface area contributed by atoms with Crippen LogP contribution in [0.25, 0.3) is 0 Å². The first-order valence-corrected chi connectivity index (χ1v) is 11.2. The van der Waals surface area contributed by atoms with E-state index in [2.05, 4.69) is 0 Å². The molecule has 36 heavy (non-hydrogen) atoms. The molecule has 2 aromatic carbocycles. The van der Waals surface area contributed by atoms with E-state index in [4.69, 9.17) is 46.3 Å². The number of carboxylic acid groups (broad SMARTS) is 1. The average Bonchev–Trinajstić information content (AvgIpc) is 2.86. The molecule has 1 aliphatic heterocycles. The number of ether oxygens (including phenoxy) is 4. The molecule has 0 aromatic heterocycles. The number of nitrogen functional groups attached to an aromatic ring is 1. The number of nitrogens with two attached hydrogens (primary N) is 2. The second kappa shape index (κ2) is 12.3. The summed E-state index contributed by atoms with van der Waals surface area (Å²) >= 11 is 0. The predicted molar refractivity (Wildman–Crippen MR) is 130 cm³/mol. The lowest BCUT2D eigenvalue weighted by Gasteiger charge is -2.32. The molecule has 1 aliphatic rings. The summed E-state index contributed by atoms with van der Waals surface area (Å²) in [7, 11) is 0. The van der Waals surface area contributed by atoms with Gasteiger partial charge in [0.05, 0.1) is 5.56 Å². The van der Waals surface area contributed by atoms with Crippen molar-refractivity contribution >= 4 is 23.7 Å². The molecule has 0 amide bonds. The summed E-state index contributed by atoms with van der Waals surface area (Å²) in [5.74, 6) is -0.842. The molecule has 3 rings (SSSR count). The quantitative estimate of drug-likeness (QED) is 0.130. The van der Waals surface area contributed by atoms with Crippen LogP contribution in [0.4, 0.5) is 0 Å². The number of carboxylic acids is 1. The number of benzene rings is 2. The number of nitrogens with one attached hydrogen (secondary N) is 2. The van der Waals surface area contributed by atoms with E-state index in [0.717, 1.165) is 12.8 Å². The summed E-state index contributed by atoms with van der Waals surface area (Å²) in [5, 5.41) is 23.8. The fourth-order valence-electron chi connectivity index (χ4n) is 3.49. The third-order valence-corrected chi connectivity index (χ3v) is 5.36. The maximum atomic E-state index is 12.4. The predicted octanol–water partition coefficient (Wildman–Crippen LogP) is 1.41. The maximum absolute atomic E-state index is 12.4. The van der Waals surface area contributed by atoms with Gasteiger partial charge >= 0.3 is 11.9 Å². The number of likely N-dealkylation sites (tertiary alicyclic amines) is 1. The van der Waals surface area contributed by atoms with E-state index in [1.165, 1.54) is 18.2 Å². The van der Waals surface area contributed by atoms with Gasteiger partial charge in [-0.25, -0.2) is 9.59 Å². The van der Waals surface area contributed by atoms with Gasteiger partial charge in [0.25, 0.3) is 0 Å². The van der Waals surface area contributed by atoms with E-state index in [-0.39, 0.29) is 42.6 Å². The van der Waals surface area contributed by atoms with Gasteiger partial charge in [0.2, 0.25) is 0 Å². The minimum absolute atomic E-state index is 0.0152. The first-order chi connectivity index (χ1) is 17.2. The van der Waals surface area contributed by atoms with Gasteiger partial charge in [0, 0.05) is 31.5 Å². The number of hydrogen-bond acceptors (Lipinski definition) is 8. The fraction of sp³-hybridized carbons (Fsp3) is 0.333. The summed E-state index contributed by atoms with van der Waals surface area (Å²) in [6.07, 6.45) is 1.52. The number of hydrogen-bond donors (Lipinski definition) is 5. The van der Waals surface area contributed by atoms with E-state index in [9.17, 15) is 9.59 Å². The maximum Gasteiger partial charge on any atom is 0.341 e. The molecule has 0 radical (unpaired) electrons. The van der Waals surface area contributed by atoms with Crippen molar-refractivity contribution in [1.29, 1.82) is 10.8 Å². The molecule has 12 heteroatoms. The van der Waals surface area contributed by atoms with Crippen molar-refractivity contribution < 1.29 is 33.6 Å². The van der Waals surface area contributed by atoms with Gasteiger partial charge in [-0.1, -0.05) is 0 Å². The molecule has 0 bridgehead atoms. The zero-order chi connectivity index (χ0) is 26.1. The van der Waals surface area contributed by atoms with Gasteiger partial charge in [-0.2, -0.15) is 0 Å². The molecule has 192 valence electrons. The molecule has 0 saturated carbocycles. The molecule has 1 heterocycles. The van der Waals surface area contributed by atoms with Gasteiger partial charge < -0.3 is 40.4 Å². The number of esters is 1. The normalized spacial score (nSPS) is 13.5. The Morgan fingerprint density at radius 3 is 2.22 bits per heavy atom. The van der Waals surface area contributed by atoms with Crippen molar-refractivity contribution in [2.45, 2.75) is 18.9 Å². The van der Waals surface area contributed by atoms with Crippen LogP contribution in [0.15, 0.2) is 42.5 Å². The second-order valence-electron chi connectivity index (χ2n) is 7.96. The van der Waals surface area contributed by atoms with Crippen molar-refractivity contribution in [3.05, 3.63) is 53.6 Å². The third kappa shape index (κ3) is 7.52. The van der Waals surface area contributed by atoms with E-state index in [0.29, 0.717) is 30.0 Å². The monoisotopic (exact) mass is 499 g/mol. The Labute approximate surface area is 207 Å². The fourth-order valence-corrected chi connectivity index (χ4v) is 3.49. The highest BCUT2D eigenvalue weighted by molar-refractivity contribution is 5.95. The molecular formula is C24H29N5O7. The lowest BCUT2D eigenvalue weighted by Crippen LogP contribution is -2.44. The molecule has 7 N–H and O–H groups in total. The molecule has 0 atom stereocenters. The van der Waals surface area contributed by atoms with Crippen molar-refractivity contribution in [2.75, 3.05) is 32.9 Å². The summed E-state index contributed by atoms with van der Waals surface area (Å²) in [4.78, 5) is 24.9. The molecular weight excluding hydrogens is 470 g/mol. The summed E-state index contributed by atoms with van der Waals surface area (Å²) in [6.45, 7) is 0.657. The van der Waals surface area contributed by atoms with Crippen LogP contribution in [0, 0.1) is 10.8 Å². The summed E-state index contributed by atoms with van der Waals surface area (Å²) in [5.41, 5.74) is 11.7. The number of nitrogens with zero attached hydrogens (tertiary/aromatic N) is 1. The highest BCUT2D eigenvalue weighted by atomic mass is 16.6. The highest BCUT2D eigenvalue weighted by Crippen LogP contribution is 2.28. The minimum Gasteiger partial charge on any atom is -0.490 e. The first-order valence-electron chi connectivity index (χ1n) is 11.2. The Kier molecular flexibility index (Phi) is 8.92. The number of guanidine groups is 1. The Hall–Kier alpha value is -4.48. The standard InChI is InChI=1S/C24H29N5O7/c25-22(26)16-3-6-19(35-14-21(30)31)20(13-16)33-11-12-34-23(32)15-1-4-17(5-2-15)36-18-7-9-29(10-8-18)24(27)28/h1-6,13,18H,7-12,14H2,(H3,25,26)(H3,27,28)(H,30,31). The summed E-state index contributed by atoms with van der Waals surface area (Å²) < 4.78 is 22.0. The van der Waals surface area contributed by atoms with Gasteiger partial charge in [-0.3, -0.25) is 10.8 Å². The van der Waals surface area contributed by atoms with Crippen LogP contribution in [0.3, 0.4) is 0 Å². The van der Waals surface area contributed by atoms with Crippen molar-refractivity contribution in [3.8, 4) is 17.2 Å². The average molecular weight is 500 g/mol. The number of amidine groups is 1. The topological polar surface area (TPSA) is 194 Å². The van der Waals surface area contributed by atoms with Crippen LogP contribution in [-0.4, -0.2) is 72.8 Å². The minimum atomic E-state index is -1.15. The molecule has 0 spiro atoms. The molecule has 1 fully saturated rings. The number of carbonyl (C=O) groups excluding carboxylic acids is 1. The number of rotatable bonds is 11. The van der Waals surface area contributed by atoms with Gasteiger partial charge in [-0.15, -0.1) is 0 Å². The Bertz CT molecular complexity index is 1100. The van der Waals surface area contributed by atoms with E-state index >= 15 is 0 Å². The van der Waals surface area contributed by atoms with Crippen LogP contribution in [0.1, 0.15) is 28.8 Å². The van der Waals surface area contributed by atoms with Gasteiger partial charge in [-0.05, 0) is 42.5 Å². The number of carbonyl (C=O) groups is 2. The second-order valence-corrected chi connectivity index (χ2v) is 7.96. The van der Waals surface area contributed by atoms with Gasteiger partial charge in [0.1, 0.15) is 30.9 Å². The Balaban J connectivity index is 1.47. The van der Waals surface area contributed by atoms with Crippen LogP contribution in [0.5, 0.6) is 17.2 Å². The molecule has 1 saturated heterocycles. The third-order valence-electron chi connectivity index (χ3n) is 5.36. The van der Waals surface area contributed by atoms with Crippen LogP contribution >= 0.6 is 0 Å². The SMILES string of the molecule is N=C(N)c1ccc(OCC(=O)O)c(OCCOC(=O)c2ccc(OC3CCN(C(=N)N)CC3)cc2)c1. The van der Waals surface area contributed by atoms with Crippen molar-refractivity contribution in [2.24, 2.45) is 11.5 Å². The molecule has 0 aliphatic carbocycles. The van der Waals surface area contributed by atoms with E-state index in [1.54, 1.807) is 29.2 Å². The van der Waals surface area contributed by atoms with Crippen molar-refractivity contribution in [1.82, 2.24) is 4.90 Å². The number of piperidine rings is 1. The Morgan fingerprint density at radius 2 is 1.61 bits per heavy atom. The van der Waals surface area contributed by atoms with Crippen LogP contribution in [0.2, 0.25) is 0 Å². The van der Waals surface area contributed by atoms with Gasteiger partial charge in [0.15, 0.2) is 24.1 Å². The highest BCUT2D eigenvalue weighted by Gasteiger charge is 2.21. The lowest BCUT2D eigenvalue weighted by atomic mass is 10.1. The molecule has 0 unspecified atom stereocenters. The molecule has 12 nitrogen and oxygen atoms in total. The number of aliphatic carboxylic acids is 1. The van der Waals surface area contributed by atoms with E-state index < -0.39 is 18.5 Å². The smallest absolute Gasteiger partial charge is 0.341 e. The zero-order valence-electron chi connectivity index (χ0n) is 19.6.